The van der Waals surface area contributed by atoms with Gasteiger partial charge < -0.3 is 0 Å². The molecule has 0 heterocycles. The van der Waals surface area contributed by atoms with Gasteiger partial charge in [-0.2, -0.15) is 0 Å². The van der Waals surface area contributed by atoms with Crippen LogP contribution in [0.1, 0.15) is 55.9 Å². The molecule has 0 unspecified atom stereocenters. The number of rotatable bonds is 9. The van der Waals surface area contributed by atoms with Gasteiger partial charge in [-0.15, -0.1) is 23.5 Å². The van der Waals surface area contributed by atoms with Crippen LogP contribution in [0, 0.1) is 0 Å². The van der Waals surface area contributed by atoms with E-state index in [1.807, 2.05) is 11.8 Å². The van der Waals surface area contributed by atoms with Gasteiger partial charge in [0.1, 0.15) is 0 Å². The van der Waals surface area contributed by atoms with E-state index in [-0.39, 0.29) is 0 Å². The number of hydrogen-bond acceptors (Lipinski definition) is 2. The largest absolute Gasteiger partial charge is 0.130 e. The van der Waals surface area contributed by atoms with E-state index < -0.39 is 0 Å². The van der Waals surface area contributed by atoms with Crippen molar-refractivity contribution in [1.82, 2.24) is 0 Å². The van der Waals surface area contributed by atoms with E-state index in [2.05, 4.69) is 112 Å². The molecule has 0 aliphatic rings. The Hall–Kier alpha value is -2.16. The first-order valence-corrected chi connectivity index (χ1v) is 13.2. The van der Waals surface area contributed by atoms with Gasteiger partial charge in [0, 0.05) is 9.79 Å². The van der Waals surface area contributed by atoms with Crippen molar-refractivity contribution in [2.45, 2.75) is 43.4 Å². The number of hydrogen-bond donors (Lipinski definition) is 0. The van der Waals surface area contributed by atoms with E-state index in [0.717, 1.165) is 0 Å². The monoisotopic (exact) mass is 444 g/mol. The smallest absolute Gasteiger partial charge is 0.00723 e. The Bertz CT molecular complexity index is 1030. The first kappa shape index (κ1) is 23.5. The molecule has 31 heavy (non-hydrogen) atoms. The summed E-state index contributed by atoms with van der Waals surface area (Å²) >= 11 is 3.73. The fourth-order valence-electron chi connectivity index (χ4n) is 3.69. The van der Waals surface area contributed by atoms with Gasteiger partial charge in [-0.05, 0) is 96.0 Å². The lowest BCUT2D eigenvalue weighted by Gasteiger charge is -2.13. The molecule has 0 saturated carbocycles. The third-order valence-corrected chi connectivity index (χ3v) is 7.24. The van der Waals surface area contributed by atoms with Crippen LogP contribution in [-0.2, 0) is 0 Å². The van der Waals surface area contributed by atoms with Crippen LogP contribution in [0.3, 0.4) is 0 Å². The molecule has 0 aromatic heterocycles. The average Bonchev–Trinajstić information content (AvgIpc) is 2.82. The molecule has 0 bridgehead atoms. The zero-order chi connectivity index (χ0) is 22.1. The van der Waals surface area contributed by atoms with Crippen LogP contribution in [0.25, 0.3) is 11.1 Å². The van der Waals surface area contributed by atoms with Gasteiger partial charge in [-0.25, -0.2) is 0 Å². The van der Waals surface area contributed by atoms with Crippen LogP contribution in [0.5, 0.6) is 0 Å². The zero-order valence-electron chi connectivity index (χ0n) is 19.0. The van der Waals surface area contributed by atoms with Gasteiger partial charge in [-0.1, -0.05) is 68.0 Å². The van der Waals surface area contributed by atoms with E-state index in [0.29, 0.717) is 0 Å². The Kier molecular flexibility index (Phi) is 9.12. The average molecular weight is 445 g/mol. The molecule has 0 amide bonds. The third kappa shape index (κ3) is 6.18. The van der Waals surface area contributed by atoms with Gasteiger partial charge in [0.25, 0.3) is 0 Å². The summed E-state index contributed by atoms with van der Waals surface area (Å²) in [7, 11) is 0. The number of benzene rings is 3. The lowest BCUT2D eigenvalue weighted by atomic mass is 9.92. The molecular formula is C29H32S2. The van der Waals surface area contributed by atoms with Crippen molar-refractivity contribution in [1.29, 1.82) is 0 Å². The van der Waals surface area contributed by atoms with Gasteiger partial charge in [0.15, 0.2) is 0 Å². The molecule has 0 N–H and O–H groups in total. The van der Waals surface area contributed by atoms with Crippen LogP contribution in [0.2, 0.25) is 0 Å². The van der Waals surface area contributed by atoms with Crippen molar-refractivity contribution in [3.05, 3.63) is 107 Å². The summed E-state index contributed by atoms with van der Waals surface area (Å²) in [5, 5.41) is 0. The lowest BCUT2D eigenvalue weighted by molar-refractivity contribution is 0.896. The predicted molar refractivity (Wildman–Crippen MR) is 142 cm³/mol. The molecule has 2 heteroatoms. The summed E-state index contributed by atoms with van der Waals surface area (Å²) in [4.78, 5) is 2.65. The van der Waals surface area contributed by atoms with E-state index in [4.69, 9.17) is 0 Å². The second kappa shape index (κ2) is 12.0. The van der Waals surface area contributed by atoms with E-state index in [9.17, 15) is 0 Å². The fraction of sp³-hybridized carbons (Fsp3) is 0.241. The third-order valence-electron chi connectivity index (χ3n) is 5.39. The molecule has 0 saturated heterocycles. The topological polar surface area (TPSA) is 0 Å². The van der Waals surface area contributed by atoms with Crippen LogP contribution < -0.4 is 0 Å². The van der Waals surface area contributed by atoms with Crippen molar-refractivity contribution in [3.63, 3.8) is 0 Å². The highest BCUT2D eigenvalue weighted by Gasteiger charge is 2.09. The Labute approximate surface area is 196 Å². The first-order chi connectivity index (χ1) is 15.2. The minimum Gasteiger partial charge on any atom is -0.130 e. The molecule has 0 nitrogen and oxygen atoms in total. The summed E-state index contributed by atoms with van der Waals surface area (Å²) in [5.41, 5.74) is 7.58. The van der Waals surface area contributed by atoms with E-state index in [1.54, 1.807) is 11.8 Å². The molecule has 0 spiro atoms. The summed E-state index contributed by atoms with van der Waals surface area (Å²) in [6.07, 6.45) is 9.07. The molecule has 0 atom stereocenters. The first-order valence-electron chi connectivity index (χ1n) is 11.0. The lowest BCUT2D eigenvalue weighted by Crippen LogP contribution is -1.92. The van der Waals surface area contributed by atoms with Crippen molar-refractivity contribution in [2.24, 2.45) is 0 Å². The normalized spacial score (nSPS) is 12.3. The van der Waals surface area contributed by atoms with Crippen LogP contribution in [0.15, 0.2) is 94.7 Å². The summed E-state index contributed by atoms with van der Waals surface area (Å²) < 4.78 is 0. The maximum Gasteiger partial charge on any atom is 0.00723 e. The predicted octanol–water partition coefficient (Wildman–Crippen LogP) is 9.20. The van der Waals surface area contributed by atoms with Crippen LogP contribution in [-0.4, -0.2) is 12.0 Å². The second-order valence-electron chi connectivity index (χ2n) is 7.44. The van der Waals surface area contributed by atoms with E-state index >= 15 is 0 Å². The molecule has 0 fully saturated rings. The molecule has 3 aromatic rings. The van der Waals surface area contributed by atoms with Crippen molar-refractivity contribution < 1.29 is 0 Å². The zero-order valence-corrected chi connectivity index (χ0v) is 20.7. The standard InChI is InChI=1S/C29H32S2/c1-5-8-20-31-27-18-14-23(15-19-27)29(7-3)25-11-9-10-24(21-25)28(6-2)22-12-16-26(30-4)17-13-22/h6-7,9-19,21H,5,8,20H2,1-4H3/b28-6+,29-7-. The number of thioether (sulfide) groups is 2. The highest BCUT2D eigenvalue weighted by atomic mass is 32.2. The summed E-state index contributed by atoms with van der Waals surface area (Å²) in [5.74, 6) is 1.19. The van der Waals surface area contributed by atoms with Crippen molar-refractivity contribution >= 4 is 34.7 Å². The molecule has 3 rings (SSSR count). The van der Waals surface area contributed by atoms with E-state index in [1.165, 1.54) is 61.8 Å². The number of unbranched alkanes of at least 4 members (excludes halogenated alkanes) is 1. The molecule has 0 aliphatic heterocycles. The minimum atomic E-state index is 1.19. The SMILES string of the molecule is C/C=C(/c1ccc(SCCCC)cc1)c1cccc(/C(=C/C)c2ccc(SC)cc2)c1. The molecular weight excluding hydrogens is 412 g/mol. The minimum absolute atomic E-state index is 1.19. The Morgan fingerprint density at radius 1 is 0.710 bits per heavy atom. The second-order valence-corrected chi connectivity index (χ2v) is 9.49. The van der Waals surface area contributed by atoms with Crippen LogP contribution in [0.4, 0.5) is 0 Å². The molecule has 3 aromatic carbocycles. The molecule has 160 valence electrons. The summed E-state index contributed by atoms with van der Waals surface area (Å²) in [6, 6.07) is 26.8. The maximum atomic E-state index is 2.32. The molecule has 0 radical (unpaired) electrons. The van der Waals surface area contributed by atoms with Crippen molar-refractivity contribution in [3.8, 4) is 0 Å². The Balaban J connectivity index is 1.86. The van der Waals surface area contributed by atoms with Crippen molar-refractivity contribution in [2.75, 3.05) is 12.0 Å². The Morgan fingerprint density at radius 3 is 1.68 bits per heavy atom. The Morgan fingerprint density at radius 2 is 1.23 bits per heavy atom. The van der Waals surface area contributed by atoms with Gasteiger partial charge in [0.2, 0.25) is 0 Å². The van der Waals surface area contributed by atoms with Gasteiger partial charge in [0.05, 0.1) is 0 Å². The number of allylic oxidation sites excluding steroid dienone is 2. The van der Waals surface area contributed by atoms with Gasteiger partial charge in [-0.3, -0.25) is 0 Å². The maximum absolute atomic E-state index is 2.32. The highest BCUT2D eigenvalue weighted by Crippen LogP contribution is 2.31. The quantitative estimate of drug-likeness (QED) is 0.238. The highest BCUT2D eigenvalue weighted by molar-refractivity contribution is 7.99. The molecule has 0 aliphatic carbocycles. The fourth-order valence-corrected chi connectivity index (χ4v) is 5.10. The van der Waals surface area contributed by atoms with Crippen LogP contribution >= 0.6 is 23.5 Å². The summed E-state index contributed by atoms with van der Waals surface area (Å²) in [6.45, 7) is 6.49. The van der Waals surface area contributed by atoms with Gasteiger partial charge >= 0.3 is 0 Å².